The minimum Gasteiger partial charge on any atom is -0.491 e. The maximum absolute atomic E-state index is 14.9. The zero-order valence-electron chi connectivity index (χ0n) is 34.5. The number of likely N-dealkylation sites (tertiary alicyclic amines) is 1. The first kappa shape index (κ1) is 41.6. The van der Waals surface area contributed by atoms with Crippen LogP contribution in [0.25, 0.3) is 33.6 Å². The maximum Gasteiger partial charge on any atom is 0.262 e. The lowest BCUT2D eigenvalue weighted by atomic mass is 9.85. The molecule has 0 spiro atoms. The molecule has 4 heterocycles. The molecule has 0 bridgehead atoms. The number of rotatable bonds is 14. The molecule has 61 heavy (non-hydrogen) atoms. The molecule has 15 nitrogen and oxygen atoms in total. The highest BCUT2D eigenvalue weighted by molar-refractivity contribution is 7.91. The Morgan fingerprint density at radius 1 is 1.03 bits per heavy atom. The van der Waals surface area contributed by atoms with Crippen molar-refractivity contribution >= 4 is 55.6 Å². The smallest absolute Gasteiger partial charge is 0.262 e. The molecule has 1 saturated heterocycles. The van der Waals surface area contributed by atoms with Crippen molar-refractivity contribution in [3.8, 4) is 23.0 Å². The summed E-state index contributed by atoms with van der Waals surface area (Å²) in [6, 6.07) is 14.3. The van der Waals surface area contributed by atoms with Crippen LogP contribution < -0.4 is 24.8 Å². The number of sulfonamides is 1. The Kier molecular flexibility index (Phi) is 10.7. The van der Waals surface area contributed by atoms with Gasteiger partial charge >= 0.3 is 0 Å². The molecule has 2 aliphatic carbocycles. The number of hydrogen-bond acceptors (Lipinski definition) is 12. The number of carbonyl (C=O) groups excluding carboxylic acids is 3. The Morgan fingerprint density at radius 3 is 2.39 bits per heavy atom. The third kappa shape index (κ3) is 8.47. The largest absolute Gasteiger partial charge is 0.491 e. The average Bonchev–Trinajstić information content (AvgIpc) is 4.12. The van der Waals surface area contributed by atoms with Crippen molar-refractivity contribution in [2.24, 2.45) is 11.3 Å². The van der Waals surface area contributed by atoms with Crippen LogP contribution in [0.3, 0.4) is 0 Å². The van der Waals surface area contributed by atoms with E-state index in [0.717, 1.165) is 0 Å². The van der Waals surface area contributed by atoms with Crippen LogP contribution in [0.1, 0.15) is 60.3 Å². The molecule has 2 aromatic carbocycles. The number of hydrogen-bond donors (Lipinski definition) is 3. The van der Waals surface area contributed by atoms with Gasteiger partial charge in [0.2, 0.25) is 27.4 Å². The molecule has 0 unspecified atom stereocenters. The van der Waals surface area contributed by atoms with Crippen LogP contribution in [0.2, 0.25) is 0 Å². The predicted octanol–water partition coefficient (Wildman–Crippen LogP) is 5.91. The van der Waals surface area contributed by atoms with Gasteiger partial charge in [0.05, 0.1) is 17.9 Å². The van der Waals surface area contributed by atoms with Crippen molar-refractivity contribution in [3.63, 3.8) is 0 Å². The molecule has 3 fully saturated rings. The molecule has 5 atom stereocenters. The number of ether oxygens (including phenoxy) is 2. The summed E-state index contributed by atoms with van der Waals surface area (Å²) in [7, 11) is -3.94. The molecule has 1 aliphatic heterocycles. The van der Waals surface area contributed by atoms with Crippen LogP contribution >= 0.6 is 0 Å². The maximum atomic E-state index is 14.9. The topological polar surface area (TPSA) is 195 Å². The summed E-state index contributed by atoms with van der Waals surface area (Å²) >= 11 is 0. The summed E-state index contributed by atoms with van der Waals surface area (Å²) in [4.78, 5) is 58.6. The van der Waals surface area contributed by atoms with E-state index >= 15 is 0 Å². The highest BCUT2D eigenvalue weighted by Gasteiger charge is 2.62. The zero-order valence-corrected chi connectivity index (χ0v) is 35.3. The molecule has 17 heteroatoms. The Hall–Kier alpha value is -6.10. The molecule has 0 radical (unpaired) electrons. The first-order chi connectivity index (χ1) is 29.0. The van der Waals surface area contributed by atoms with Crippen LogP contribution in [0.4, 0.5) is 10.1 Å². The molecular formula is C44H48FN7O8S. The predicted molar refractivity (Wildman–Crippen MR) is 225 cm³/mol. The van der Waals surface area contributed by atoms with E-state index in [9.17, 15) is 27.2 Å². The number of benzene rings is 2. The normalized spacial score (nSPS) is 21.9. The van der Waals surface area contributed by atoms with E-state index in [-0.39, 0.29) is 37.0 Å². The van der Waals surface area contributed by atoms with Crippen molar-refractivity contribution in [1.82, 2.24) is 29.9 Å². The monoisotopic (exact) mass is 853 g/mol. The SMILES string of the molecule is C=C[C@@H]1C[C@]1(NC(=O)[C@@H]1C[C@@H](Oc2nc(-c3ccc(OC(C)C)cc3)nc3c2oc2cccnc23)CN1C(=O)[C@@H](Nc1ccc(F)cc1)C(C)(C)C)C(=O)NS(=O)(=O)C1CC1. The molecule has 3 amide bonds. The lowest BCUT2D eigenvalue weighted by Crippen LogP contribution is -2.58. The van der Waals surface area contributed by atoms with E-state index in [4.69, 9.17) is 23.9 Å². The van der Waals surface area contributed by atoms with E-state index in [1.54, 1.807) is 18.3 Å². The molecule has 8 rings (SSSR count). The molecule has 320 valence electrons. The second kappa shape index (κ2) is 15.7. The molecule has 3 aliphatic rings. The number of pyridine rings is 1. The fraction of sp³-hybridized carbons (Fsp3) is 0.409. The number of aromatic nitrogens is 3. The third-order valence-electron chi connectivity index (χ3n) is 11.2. The van der Waals surface area contributed by atoms with Gasteiger partial charge in [0, 0.05) is 29.8 Å². The number of fused-ring (bicyclic) bond motifs is 3. The number of carbonyl (C=O) groups is 3. The van der Waals surface area contributed by atoms with Crippen LogP contribution in [0.5, 0.6) is 11.6 Å². The summed E-state index contributed by atoms with van der Waals surface area (Å²) in [6.45, 7) is 13.2. The van der Waals surface area contributed by atoms with Crippen LogP contribution in [0, 0.1) is 17.2 Å². The van der Waals surface area contributed by atoms with E-state index in [1.165, 1.54) is 35.2 Å². The highest BCUT2D eigenvalue weighted by atomic mass is 32.2. The highest BCUT2D eigenvalue weighted by Crippen LogP contribution is 2.46. The fourth-order valence-corrected chi connectivity index (χ4v) is 9.05. The summed E-state index contributed by atoms with van der Waals surface area (Å²) in [5.41, 5.74) is 0.374. The van der Waals surface area contributed by atoms with Crippen molar-refractivity contribution in [3.05, 3.63) is 85.3 Å². The quantitative estimate of drug-likeness (QED) is 0.112. The van der Waals surface area contributed by atoms with Gasteiger partial charge < -0.3 is 29.4 Å². The van der Waals surface area contributed by atoms with Crippen LogP contribution in [-0.2, 0) is 24.4 Å². The summed E-state index contributed by atoms with van der Waals surface area (Å²) in [5.74, 6) is -1.95. The number of furan rings is 1. The van der Waals surface area contributed by atoms with E-state index in [1.807, 2.05) is 58.9 Å². The first-order valence-corrected chi connectivity index (χ1v) is 21.8. The number of anilines is 1. The van der Waals surface area contributed by atoms with E-state index in [2.05, 4.69) is 26.9 Å². The lowest BCUT2D eigenvalue weighted by molar-refractivity contribution is -0.141. The number of halogens is 1. The van der Waals surface area contributed by atoms with Crippen molar-refractivity contribution < 1.29 is 41.1 Å². The van der Waals surface area contributed by atoms with Crippen molar-refractivity contribution in [2.45, 2.75) is 95.4 Å². The van der Waals surface area contributed by atoms with Crippen molar-refractivity contribution in [1.29, 1.82) is 0 Å². The Labute approximate surface area is 352 Å². The van der Waals surface area contributed by atoms with E-state index < -0.39 is 73.9 Å². The lowest BCUT2D eigenvalue weighted by Gasteiger charge is -2.36. The number of nitrogens with one attached hydrogen (secondary N) is 3. The summed E-state index contributed by atoms with van der Waals surface area (Å²) in [6.07, 6.45) is 3.23. The van der Waals surface area contributed by atoms with Gasteiger partial charge in [0.15, 0.2) is 11.4 Å². The third-order valence-corrected chi connectivity index (χ3v) is 13.0. The second-order valence-corrected chi connectivity index (χ2v) is 19.2. The summed E-state index contributed by atoms with van der Waals surface area (Å²) < 4.78 is 60.4. The number of nitrogens with zero attached hydrogens (tertiary/aromatic N) is 4. The minimum absolute atomic E-state index is 0.0261. The van der Waals surface area contributed by atoms with Gasteiger partial charge in [0.1, 0.15) is 46.3 Å². The Morgan fingerprint density at radius 2 is 1.75 bits per heavy atom. The van der Waals surface area contributed by atoms with Gasteiger partial charge in [-0.2, -0.15) is 4.98 Å². The minimum atomic E-state index is -3.94. The standard InChI is InChI=1S/C44H48FN7O8S/c1-7-26-22-44(26,42(55)51-61(56,57)31-18-19-31)50-39(53)32-21-30(23-52(32)41(54)37(43(4,5)6)47-28-14-12-27(45)13-15-28)59-40-36-35(34-33(60-36)9-8-20-46-34)48-38(49-40)25-10-16-29(17-11-25)58-24(2)3/h7-17,20,24,26,30-32,37,47H,1,18-19,21-23H2,2-6H3,(H,50,53)(H,51,55)/t26-,30-,32+,37-,44-/m1/s1. The Bertz CT molecular complexity index is 2630. The van der Waals surface area contributed by atoms with Crippen LogP contribution in [-0.4, -0.2) is 87.6 Å². The first-order valence-electron chi connectivity index (χ1n) is 20.3. The number of amides is 3. The van der Waals surface area contributed by atoms with Gasteiger partial charge in [-0.15, -0.1) is 6.58 Å². The van der Waals surface area contributed by atoms with Gasteiger partial charge in [-0.1, -0.05) is 26.8 Å². The molecule has 2 saturated carbocycles. The zero-order chi connectivity index (χ0) is 43.4. The van der Waals surface area contributed by atoms with Gasteiger partial charge in [-0.25, -0.2) is 17.8 Å². The van der Waals surface area contributed by atoms with Gasteiger partial charge in [0.25, 0.3) is 11.8 Å². The van der Waals surface area contributed by atoms with Crippen LogP contribution in [0.15, 0.2) is 83.9 Å². The molecule has 3 N–H and O–H groups in total. The second-order valence-electron chi connectivity index (χ2n) is 17.3. The molecular weight excluding hydrogens is 806 g/mol. The molecule has 3 aromatic heterocycles. The van der Waals surface area contributed by atoms with Gasteiger partial charge in [-0.3, -0.25) is 24.1 Å². The average molecular weight is 854 g/mol. The fourth-order valence-electron chi connectivity index (χ4n) is 7.69. The van der Waals surface area contributed by atoms with Gasteiger partial charge in [-0.05, 0) is 99.2 Å². The van der Waals surface area contributed by atoms with E-state index in [0.29, 0.717) is 52.3 Å². The Balaban J connectivity index is 1.14. The molecule has 5 aromatic rings. The summed E-state index contributed by atoms with van der Waals surface area (Å²) in [5, 5.41) is 5.40. The van der Waals surface area contributed by atoms with Crippen molar-refractivity contribution in [2.75, 3.05) is 11.9 Å².